The fourth-order valence-electron chi connectivity index (χ4n) is 2.98. The van der Waals surface area contributed by atoms with Crippen molar-refractivity contribution in [3.05, 3.63) is 77.1 Å². The van der Waals surface area contributed by atoms with Crippen molar-refractivity contribution in [1.82, 2.24) is 15.1 Å². The molecule has 0 radical (unpaired) electrons. The molecule has 5 nitrogen and oxygen atoms in total. The summed E-state index contributed by atoms with van der Waals surface area (Å²) >= 11 is 0. The van der Waals surface area contributed by atoms with E-state index in [-0.39, 0.29) is 18.1 Å². The van der Waals surface area contributed by atoms with E-state index < -0.39 is 6.61 Å². The van der Waals surface area contributed by atoms with Crippen molar-refractivity contribution < 1.29 is 18.3 Å². The molecule has 3 aromatic rings. The summed E-state index contributed by atoms with van der Waals surface area (Å²) in [5, 5.41) is 7.46. The average molecular weight is 385 g/mol. The van der Waals surface area contributed by atoms with Crippen LogP contribution in [0.1, 0.15) is 22.5 Å². The maximum atomic E-state index is 12.3. The van der Waals surface area contributed by atoms with Crippen LogP contribution in [0.2, 0.25) is 0 Å². The summed E-state index contributed by atoms with van der Waals surface area (Å²) in [6.07, 6.45) is 0.153. The van der Waals surface area contributed by atoms with Crippen molar-refractivity contribution in [2.24, 2.45) is 0 Å². The minimum atomic E-state index is -2.86. The molecular weight excluding hydrogens is 364 g/mol. The summed E-state index contributed by atoms with van der Waals surface area (Å²) in [5.74, 6) is -0.0903. The van der Waals surface area contributed by atoms with Crippen LogP contribution in [-0.2, 0) is 17.8 Å². The largest absolute Gasteiger partial charge is 0.435 e. The summed E-state index contributed by atoms with van der Waals surface area (Å²) in [5.41, 5.74) is 4.48. The second kappa shape index (κ2) is 8.65. The second-order valence-corrected chi connectivity index (χ2v) is 6.37. The molecule has 1 heterocycles. The predicted molar refractivity (Wildman–Crippen MR) is 102 cm³/mol. The number of para-hydroxylation sites is 1. The van der Waals surface area contributed by atoms with Crippen LogP contribution in [0.15, 0.2) is 54.6 Å². The maximum Gasteiger partial charge on any atom is 0.387 e. The highest BCUT2D eigenvalue weighted by molar-refractivity contribution is 5.78. The van der Waals surface area contributed by atoms with Crippen molar-refractivity contribution in [3.63, 3.8) is 0 Å². The number of nitrogens with one attached hydrogen (secondary N) is 1. The number of rotatable bonds is 7. The number of aryl methyl sites for hydroxylation is 1. The zero-order chi connectivity index (χ0) is 20.1. The van der Waals surface area contributed by atoms with Crippen LogP contribution in [0.3, 0.4) is 0 Å². The lowest BCUT2D eigenvalue weighted by Gasteiger charge is -2.08. The fraction of sp³-hybridized carbons (Fsp3) is 0.238. The standard InChI is InChI=1S/C21H21F2N3O2/c1-14-19(15(2)26(25-14)17-6-4-3-5-7-17)13-24-20(27)12-16-8-10-18(11-9-16)28-21(22)23/h3-11,21H,12-13H2,1-2H3,(H,24,27). The first-order valence-corrected chi connectivity index (χ1v) is 8.85. The first-order chi connectivity index (χ1) is 13.4. The molecule has 2 aromatic carbocycles. The van der Waals surface area contributed by atoms with E-state index in [1.54, 1.807) is 12.1 Å². The van der Waals surface area contributed by atoms with Crippen LogP contribution in [0.4, 0.5) is 8.78 Å². The van der Waals surface area contributed by atoms with Crippen molar-refractivity contribution in [3.8, 4) is 11.4 Å². The zero-order valence-electron chi connectivity index (χ0n) is 15.7. The number of hydrogen-bond donors (Lipinski definition) is 1. The van der Waals surface area contributed by atoms with E-state index >= 15 is 0 Å². The Morgan fingerprint density at radius 3 is 2.43 bits per heavy atom. The monoisotopic (exact) mass is 385 g/mol. The average Bonchev–Trinajstić information content (AvgIpc) is 2.96. The normalized spacial score (nSPS) is 10.9. The van der Waals surface area contributed by atoms with Crippen molar-refractivity contribution in [2.45, 2.75) is 33.4 Å². The third-order valence-corrected chi connectivity index (χ3v) is 4.42. The molecule has 0 saturated heterocycles. The van der Waals surface area contributed by atoms with Crippen LogP contribution >= 0.6 is 0 Å². The number of alkyl halides is 2. The smallest absolute Gasteiger partial charge is 0.387 e. The first kappa shape index (κ1) is 19.5. The van der Waals surface area contributed by atoms with Gasteiger partial charge in [-0.3, -0.25) is 4.79 Å². The molecule has 0 spiro atoms. The highest BCUT2D eigenvalue weighted by atomic mass is 19.3. The second-order valence-electron chi connectivity index (χ2n) is 6.37. The molecule has 1 aromatic heterocycles. The van der Waals surface area contributed by atoms with Gasteiger partial charge in [0.1, 0.15) is 5.75 Å². The molecule has 0 unspecified atom stereocenters. The third-order valence-electron chi connectivity index (χ3n) is 4.42. The van der Waals surface area contributed by atoms with Gasteiger partial charge in [0.25, 0.3) is 0 Å². The summed E-state index contributed by atoms with van der Waals surface area (Å²) in [6, 6.07) is 15.8. The van der Waals surface area contributed by atoms with Gasteiger partial charge in [0, 0.05) is 17.8 Å². The zero-order valence-corrected chi connectivity index (χ0v) is 15.7. The molecule has 0 atom stereocenters. The maximum absolute atomic E-state index is 12.3. The molecule has 1 amide bonds. The van der Waals surface area contributed by atoms with Gasteiger partial charge in [0.15, 0.2) is 0 Å². The Morgan fingerprint density at radius 1 is 1.11 bits per heavy atom. The highest BCUT2D eigenvalue weighted by Gasteiger charge is 2.14. The van der Waals surface area contributed by atoms with Crippen LogP contribution < -0.4 is 10.1 Å². The molecule has 0 aliphatic carbocycles. The van der Waals surface area contributed by atoms with Crippen LogP contribution in [-0.4, -0.2) is 22.3 Å². The van der Waals surface area contributed by atoms with E-state index in [1.165, 1.54) is 12.1 Å². The van der Waals surface area contributed by atoms with Gasteiger partial charge < -0.3 is 10.1 Å². The number of amides is 1. The Kier molecular flexibility index (Phi) is 6.03. The molecule has 1 N–H and O–H groups in total. The lowest BCUT2D eigenvalue weighted by atomic mass is 10.1. The molecule has 0 aliphatic heterocycles. The SMILES string of the molecule is Cc1nn(-c2ccccc2)c(C)c1CNC(=O)Cc1ccc(OC(F)F)cc1. The van der Waals surface area contributed by atoms with Gasteiger partial charge >= 0.3 is 6.61 Å². The number of nitrogens with zero attached hydrogens (tertiary/aromatic N) is 2. The molecule has 0 fully saturated rings. The number of carbonyl (C=O) groups is 1. The van der Waals surface area contributed by atoms with Gasteiger partial charge in [-0.15, -0.1) is 0 Å². The summed E-state index contributed by atoms with van der Waals surface area (Å²) < 4.78 is 30.5. The molecule has 7 heteroatoms. The number of hydrogen-bond acceptors (Lipinski definition) is 3. The van der Waals surface area contributed by atoms with Crippen molar-refractivity contribution >= 4 is 5.91 Å². The van der Waals surface area contributed by atoms with Crippen LogP contribution in [0, 0.1) is 13.8 Å². The van der Waals surface area contributed by atoms with Gasteiger partial charge in [-0.05, 0) is 43.7 Å². The number of carbonyl (C=O) groups excluding carboxylic acids is 1. The Morgan fingerprint density at radius 2 is 1.79 bits per heavy atom. The van der Waals surface area contributed by atoms with Gasteiger partial charge in [-0.25, -0.2) is 4.68 Å². The molecule has 146 valence electrons. The van der Waals surface area contributed by atoms with Gasteiger partial charge in [0.2, 0.25) is 5.91 Å². The quantitative estimate of drug-likeness (QED) is 0.670. The van der Waals surface area contributed by atoms with E-state index in [4.69, 9.17) is 0 Å². The number of halogens is 2. The van der Waals surface area contributed by atoms with Gasteiger partial charge in [-0.1, -0.05) is 30.3 Å². The highest BCUT2D eigenvalue weighted by Crippen LogP contribution is 2.18. The Bertz CT molecular complexity index is 938. The number of aromatic nitrogens is 2. The molecule has 3 rings (SSSR count). The number of ether oxygens (including phenoxy) is 1. The third kappa shape index (κ3) is 4.73. The Balaban J connectivity index is 1.61. The van der Waals surface area contributed by atoms with E-state index in [9.17, 15) is 13.6 Å². The molecule has 0 saturated carbocycles. The summed E-state index contributed by atoms with van der Waals surface area (Å²) in [4.78, 5) is 12.3. The van der Waals surface area contributed by atoms with E-state index in [2.05, 4.69) is 15.2 Å². The summed E-state index contributed by atoms with van der Waals surface area (Å²) in [6.45, 7) is 1.39. The van der Waals surface area contributed by atoms with E-state index in [1.807, 2.05) is 48.9 Å². The molecule has 0 aliphatic rings. The van der Waals surface area contributed by atoms with Crippen molar-refractivity contribution in [1.29, 1.82) is 0 Å². The van der Waals surface area contributed by atoms with Gasteiger partial charge in [-0.2, -0.15) is 13.9 Å². The van der Waals surface area contributed by atoms with Crippen molar-refractivity contribution in [2.75, 3.05) is 0 Å². The Labute approximate surface area is 161 Å². The lowest BCUT2D eigenvalue weighted by molar-refractivity contribution is -0.120. The minimum absolute atomic E-state index is 0.0683. The minimum Gasteiger partial charge on any atom is -0.435 e. The molecule has 28 heavy (non-hydrogen) atoms. The van der Waals surface area contributed by atoms with Crippen LogP contribution in [0.5, 0.6) is 5.75 Å². The topological polar surface area (TPSA) is 56.2 Å². The Hall–Kier alpha value is -3.22. The number of benzene rings is 2. The van der Waals surface area contributed by atoms with Crippen LogP contribution in [0.25, 0.3) is 5.69 Å². The summed E-state index contributed by atoms with van der Waals surface area (Å²) in [7, 11) is 0. The van der Waals surface area contributed by atoms with Gasteiger partial charge in [0.05, 0.1) is 17.8 Å². The molecular formula is C21H21F2N3O2. The fourth-order valence-corrected chi connectivity index (χ4v) is 2.98. The lowest BCUT2D eigenvalue weighted by Crippen LogP contribution is -2.25. The molecule has 0 bridgehead atoms. The predicted octanol–water partition coefficient (Wildman–Crippen LogP) is 3.95. The van der Waals surface area contributed by atoms with E-state index in [0.717, 1.165) is 22.6 Å². The first-order valence-electron chi connectivity index (χ1n) is 8.85. The van der Waals surface area contributed by atoms with E-state index in [0.29, 0.717) is 12.1 Å².